The summed E-state index contributed by atoms with van der Waals surface area (Å²) >= 11 is 0. The molecule has 1 N–H and O–H groups in total. The molecule has 2 aromatic carbocycles. The summed E-state index contributed by atoms with van der Waals surface area (Å²) in [6.45, 7) is 2.65. The molecule has 0 aromatic heterocycles. The number of amides is 3. The molecular formula is C20H23N3O3. The van der Waals surface area contributed by atoms with E-state index in [4.69, 9.17) is 4.74 Å². The molecule has 26 heavy (non-hydrogen) atoms. The van der Waals surface area contributed by atoms with Gasteiger partial charge in [-0.3, -0.25) is 0 Å². The van der Waals surface area contributed by atoms with Crippen molar-refractivity contribution in [2.75, 3.05) is 26.2 Å². The number of nitrogens with one attached hydrogen (secondary N) is 1. The number of ether oxygens (including phenoxy) is 1. The molecule has 1 aliphatic rings. The van der Waals surface area contributed by atoms with Gasteiger partial charge in [0.05, 0.1) is 0 Å². The zero-order valence-corrected chi connectivity index (χ0v) is 14.6. The number of rotatable bonds is 3. The average molecular weight is 353 g/mol. The highest BCUT2D eigenvalue weighted by Crippen LogP contribution is 2.12. The van der Waals surface area contributed by atoms with Crippen LogP contribution in [0.5, 0.6) is 5.75 Å². The van der Waals surface area contributed by atoms with Crippen LogP contribution < -0.4 is 10.1 Å². The Morgan fingerprint density at radius 1 is 0.846 bits per heavy atom. The minimum atomic E-state index is -0.372. The van der Waals surface area contributed by atoms with Crippen LogP contribution in [0.15, 0.2) is 60.7 Å². The second kappa shape index (κ2) is 8.89. The van der Waals surface area contributed by atoms with Gasteiger partial charge in [0.25, 0.3) is 0 Å². The first-order valence-electron chi connectivity index (χ1n) is 8.81. The summed E-state index contributed by atoms with van der Waals surface area (Å²) in [7, 11) is 0. The fraction of sp³-hybridized carbons (Fsp3) is 0.300. The quantitative estimate of drug-likeness (QED) is 0.922. The summed E-state index contributed by atoms with van der Waals surface area (Å²) in [5, 5.41) is 2.93. The second-order valence-corrected chi connectivity index (χ2v) is 6.15. The van der Waals surface area contributed by atoms with Gasteiger partial charge in [-0.2, -0.15) is 0 Å². The molecule has 0 aliphatic carbocycles. The van der Waals surface area contributed by atoms with Crippen LogP contribution in [0, 0.1) is 0 Å². The van der Waals surface area contributed by atoms with Gasteiger partial charge in [-0.25, -0.2) is 9.59 Å². The van der Waals surface area contributed by atoms with Crippen LogP contribution in [-0.2, 0) is 6.54 Å². The Morgan fingerprint density at radius 2 is 1.46 bits per heavy atom. The molecule has 0 radical (unpaired) electrons. The fourth-order valence-electron chi connectivity index (χ4n) is 2.84. The number of benzene rings is 2. The Labute approximate surface area is 153 Å². The van der Waals surface area contributed by atoms with E-state index < -0.39 is 0 Å². The number of hydrogen-bond donors (Lipinski definition) is 1. The van der Waals surface area contributed by atoms with E-state index in [2.05, 4.69) is 5.32 Å². The van der Waals surface area contributed by atoms with Crippen LogP contribution in [0.3, 0.4) is 0 Å². The molecule has 6 nitrogen and oxygen atoms in total. The van der Waals surface area contributed by atoms with Crippen LogP contribution in [-0.4, -0.2) is 48.1 Å². The summed E-state index contributed by atoms with van der Waals surface area (Å²) in [6.07, 6.45) is 0.352. The van der Waals surface area contributed by atoms with Crippen molar-refractivity contribution in [2.24, 2.45) is 0 Å². The third-order valence-electron chi connectivity index (χ3n) is 4.28. The first-order chi connectivity index (χ1) is 12.7. The Hall–Kier alpha value is -3.02. The van der Waals surface area contributed by atoms with Crippen LogP contribution in [0.4, 0.5) is 9.59 Å². The number of carbonyl (C=O) groups is 2. The molecule has 6 heteroatoms. The zero-order valence-electron chi connectivity index (χ0n) is 14.6. The first-order valence-corrected chi connectivity index (χ1v) is 8.81. The molecule has 0 bridgehead atoms. The lowest BCUT2D eigenvalue weighted by Crippen LogP contribution is -2.42. The number of urea groups is 1. The van der Waals surface area contributed by atoms with Gasteiger partial charge in [-0.05, 0) is 24.1 Å². The highest BCUT2D eigenvalue weighted by atomic mass is 16.6. The Morgan fingerprint density at radius 3 is 2.19 bits per heavy atom. The highest BCUT2D eigenvalue weighted by Gasteiger charge is 2.23. The lowest BCUT2D eigenvalue weighted by molar-refractivity contribution is 0.153. The molecule has 136 valence electrons. The van der Waals surface area contributed by atoms with Gasteiger partial charge in [0.15, 0.2) is 0 Å². The van der Waals surface area contributed by atoms with Gasteiger partial charge >= 0.3 is 12.1 Å². The van der Waals surface area contributed by atoms with Crippen LogP contribution in [0.1, 0.15) is 12.0 Å². The van der Waals surface area contributed by atoms with Crippen molar-refractivity contribution in [1.82, 2.24) is 15.1 Å². The summed E-state index contributed by atoms with van der Waals surface area (Å²) in [4.78, 5) is 28.1. The number of carbonyl (C=O) groups excluding carboxylic acids is 2. The molecule has 1 heterocycles. The fourth-order valence-corrected chi connectivity index (χ4v) is 2.84. The molecule has 0 saturated carbocycles. The summed E-state index contributed by atoms with van der Waals surface area (Å²) < 4.78 is 5.38. The van der Waals surface area contributed by atoms with Gasteiger partial charge in [0.2, 0.25) is 0 Å². The summed E-state index contributed by atoms with van der Waals surface area (Å²) in [5.41, 5.74) is 1.06. The predicted octanol–water partition coefficient (Wildman–Crippen LogP) is 3.10. The normalized spacial score (nSPS) is 14.5. The standard InChI is InChI=1S/C20H23N3O3/c24-19(21-16-17-8-3-1-4-9-17)22-12-7-13-23(15-14-22)20(25)26-18-10-5-2-6-11-18/h1-6,8-11H,7,12-16H2,(H,21,24). The summed E-state index contributed by atoms with van der Waals surface area (Å²) in [6, 6.07) is 18.7. The van der Waals surface area contributed by atoms with Crippen molar-refractivity contribution in [3.8, 4) is 5.75 Å². The monoisotopic (exact) mass is 353 g/mol. The Kier molecular flexibility index (Phi) is 6.09. The van der Waals surface area contributed by atoms with Crippen molar-refractivity contribution < 1.29 is 14.3 Å². The number of nitrogens with zero attached hydrogens (tertiary/aromatic N) is 2. The van der Waals surface area contributed by atoms with E-state index in [0.29, 0.717) is 38.5 Å². The van der Waals surface area contributed by atoms with Gasteiger partial charge in [0, 0.05) is 32.7 Å². The highest BCUT2D eigenvalue weighted by molar-refractivity contribution is 5.74. The number of para-hydroxylation sites is 1. The third kappa shape index (κ3) is 4.99. The van der Waals surface area contributed by atoms with Crippen molar-refractivity contribution in [1.29, 1.82) is 0 Å². The van der Waals surface area contributed by atoms with Gasteiger partial charge in [0.1, 0.15) is 5.75 Å². The second-order valence-electron chi connectivity index (χ2n) is 6.15. The third-order valence-corrected chi connectivity index (χ3v) is 4.28. The van der Waals surface area contributed by atoms with E-state index in [0.717, 1.165) is 12.0 Å². The Bertz CT molecular complexity index is 722. The Balaban J connectivity index is 1.48. The molecular weight excluding hydrogens is 330 g/mol. The van der Waals surface area contributed by atoms with Crippen molar-refractivity contribution in [2.45, 2.75) is 13.0 Å². The largest absolute Gasteiger partial charge is 0.415 e. The van der Waals surface area contributed by atoms with E-state index in [1.807, 2.05) is 48.5 Å². The minimum absolute atomic E-state index is 0.105. The van der Waals surface area contributed by atoms with E-state index in [1.54, 1.807) is 21.9 Å². The van der Waals surface area contributed by atoms with Crippen molar-refractivity contribution >= 4 is 12.1 Å². The molecule has 0 atom stereocenters. The molecule has 0 spiro atoms. The van der Waals surface area contributed by atoms with E-state index in [-0.39, 0.29) is 12.1 Å². The topological polar surface area (TPSA) is 61.9 Å². The van der Waals surface area contributed by atoms with Gasteiger partial charge in [-0.1, -0.05) is 48.5 Å². The predicted molar refractivity (Wildman–Crippen MR) is 98.9 cm³/mol. The number of hydrogen-bond acceptors (Lipinski definition) is 3. The van der Waals surface area contributed by atoms with Gasteiger partial charge in [-0.15, -0.1) is 0 Å². The maximum atomic E-state index is 12.4. The summed E-state index contributed by atoms with van der Waals surface area (Å²) in [5.74, 6) is 0.527. The SMILES string of the molecule is O=C(NCc1ccccc1)N1CCCN(C(=O)Oc2ccccc2)CC1. The van der Waals surface area contributed by atoms with Crippen molar-refractivity contribution in [3.05, 3.63) is 66.2 Å². The average Bonchev–Trinajstić information content (AvgIpc) is 2.94. The van der Waals surface area contributed by atoms with E-state index >= 15 is 0 Å². The minimum Gasteiger partial charge on any atom is -0.410 e. The van der Waals surface area contributed by atoms with Crippen LogP contribution in [0.2, 0.25) is 0 Å². The first kappa shape index (κ1) is 17.8. The lowest BCUT2D eigenvalue weighted by Gasteiger charge is -2.22. The zero-order chi connectivity index (χ0) is 18.2. The molecule has 1 fully saturated rings. The molecule has 0 unspecified atom stereocenters. The van der Waals surface area contributed by atoms with E-state index in [9.17, 15) is 9.59 Å². The smallest absolute Gasteiger partial charge is 0.410 e. The maximum Gasteiger partial charge on any atom is 0.415 e. The molecule has 1 saturated heterocycles. The van der Waals surface area contributed by atoms with Crippen molar-refractivity contribution in [3.63, 3.8) is 0 Å². The molecule has 1 aliphatic heterocycles. The lowest BCUT2D eigenvalue weighted by atomic mass is 10.2. The van der Waals surface area contributed by atoms with Crippen LogP contribution >= 0.6 is 0 Å². The van der Waals surface area contributed by atoms with Gasteiger partial charge < -0.3 is 19.9 Å². The molecule has 3 rings (SSSR count). The molecule has 3 amide bonds. The maximum absolute atomic E-state index is 12.4. The van der Waals surface area contributed by atoms with E-state index in [1.165, 1.54) is 0 Å². The molecule has 2 aromatic rings. The van der Waals surface area contributed by atoms with Crippen LogP contribution in [0.25, 0.3) is 0 Å².